The number of rotatable bonds is 4. The van der Waals surface area contributed by atoms with Crippen LogP contribution in [0.25, 0.3) is 0 Å². The quantitative estimate of drug-likeness (QED) is 0.573. The van der Waals surface area contributed by atoms with Gasteiger partial charge in [-0.1, -0.05) is 13.0 Å². The highest BCUT2D eigenvalue weighted by Crippen LogP contribution is 2.42. The van der Waals surface area contributed by atoms with Crippen LogP contribution in [0.1, 0.15) is 37.0 Å². The van der Waals surface area contributed by atoms with E-state index in [1.165, 1.54) is 12.1 Å². The van der Waals surface area contributed by atoms with Crippen LogP contribution in [0.5, 0.6) is 11.5 Å². The van der Waals surface area contributed by atoms with Crippen molar-refractivity contribution in [2.45, 2.75) is 43.0 Å². The van der Waals surface area contributed by atoms with Crippen LogP contribution in [0.15, 0.2) is 45.8 Å². The standard InChI is InChI=1S/C18H16BrF3O5S/c1-2-11-8-16(13-5-4-12(28(23,24)25)9-17(13)26-11)27-15-6-3-10(7-14(15)19)18(20,21)22/h3-7,9,11,16H,2,8H2,1H3,(H,23,24,25)/p-1. The van der Waals surface area contributed by atoms with Crippen molar-refractivity contribution < 1.29 is 35.6 Å². The van der Waals surface area contributed by atoms with Gasteiger partial charge in [0, 0.05) is 12.0 Å². The molecule has 0 amide bonds. The highest BCUT2D eigenvalue weighted by molar-refractivity contribution is 9.10. The molecule has 1 aliphatic heterocycles. The molecule has 0 N–H and O–H groups in total. The van der Waals surface area contributed by atoms with Crippen molar-refractivity contribution in [3.63, 3.8) is 0 Å². The van der Waals surface area contributed by atoms with Gasteiger partial charge in [0.2, 0.25) is 0 Å². The zero-order valence-electron chi connectivity index (χ0n) is 14.5. The first-order valence-corrected chi connectivity index (χ1v) is 10.5. The van der Waals surface area contributed by atoms with Gasteiger partial charge in [0.15, 0.2) is 0 Å². The van der Waals surface area contributed by atoms with Gasteiger partial charge in [0.1, 0.15) is 33.8 Å². The summed E-state index contributed by atoms with van der Waals surface area (Å²) in [4.78, 5) is -0.419. The first-order chi connectivity index (χ1) is 13.0. The van der Waals surface area contributed by atoms with Crippen LogP contribution in [-0.4, -0.2) is 19.1 Å². The van der Waals surface area contributed by atoms with Crippen molar-refractivity contribution in [2.24, 2.45) is 0 Å². The number of alkyl halides is 3. The maximum Gasteiger partial charge on any atom is 0.416 e. The van der Waals surface area contributed by atoms with E-state index in [9.17, 15) is 26.1 Å². The van der Waals surface area contributed by atoms with Gasteiger partial charge in [0.05, 0.1) is 14.9 Å². The Bertz CT molecular complexity index is 991. The summed E-state index contributed by atoms with van der Waals surface area (Å²) in [6.45, 7) is 1.87. The molecule has 0 spiro atoms. The lowest BCUT2D eigenvalue weighted by atomic mass is 9.97. The molecule has 0 aromatic heterocycles. The van der Waals surface area contributed by atoms with Crippen LogP contribution in [-0.2, 0) is 16.3 Å². The fourth-order valence-electron chi connectivity index (χ4n) is 2.92. The Hall–Kier alpha value is -1.78. The van der Waals surface area contributed by atoms with Gasteiger partial charge in [-0.3, -0.25) is 0 Å². The average Bonchev–Trinajstić information content (AvgIpc) is 2.61. The Morgan fingerprint density at radius 3 is 2.54 bits per heavy atom. The second kappa shape index (κ2) is 7.57. The Morgan fingerprint density at radius 2 is 1.96 bits per heavy atom. The largest absolute Gasteiger partial charge is 0.744 e. The van der Waals surface area contributed by atoms with Crippen molar-refractivity contribution in [2.75, 3.05) is 0 Å². The van der Waals surface area contributed by atoms with Crippen LogP contribution >= 0.6 is 15.9 Å². The number of fused-ring (bicyclic) bond motifs is 1. The van der Waals surface area contributed by atoms with Gasteiger partial charge in [-0.05, 0) is 52.7 Å². The van der Waals surface area contributed by atoms with Gasteiger partial charge in [0.25, 0.3) is 0 Å². The molecular formula is C18H15BrF3O5S-. The lowest BCUT2D eigenvalue weighted by Gasteiger charge is -2.32. The van der Waals surface area contributed by atoms with Crippen LogP contribution in [0, 0.1) is 0 Å². The van der Waals surface area contributed by atoms with E-state index in [0.29, 0.717) is 18.4 Å². The molecule has 1 aliphatic rings. The van der Waals surface area contributed by atoms with E-state index < -0.39 is 32.9 Å². The molecule has 3 rings (SSSR count). The highest BCUT2D eigenvalue weighted by atomic mass is 79.9. The molecule has 28 heavy (non-hydrogen) atoms. The number of hydrogen-bond donors (Lipinski definition) is 0. The first kappa shape index (κ1) is 20.9. The van der Waals surface area contributed by atoms with Crippen molar-refractivity contribution >= 4 is 26.0 Å². The minimum absolute atomic E-state index is 0.141. The fraction of sp³-hybridized carbons (Fsp3) is 0.333. The summed E-state index contributed by atoms with van der Waals surface area (Å²) in [5.41, 5.74) is -0.292. The van der Waals surface area contributed by atoms with Crippen LogP contribution < -0.4 is 9.47 Å². The second-order valence-corrected chi connectivity index (χ2v) is 8.52. The Labute approximate surface area is 168 Å². The fourth-order valence-corrected chi connectivity index (χ4v) is 3.88. The summed E-state index contributed by atoms with van der Waals surface area (Å²) in [5, 5.41) is 0. The van der Waals surface area contributed by atoms with Gasteiger partial charge in [-0.15, -0.1) is 0 Å². The van der Waals surface area contributed by atoms with E-state index in [0.717, 1.165) is 24.3 Å². The summed E-state index contributed by atoms with van der Waals surface area (Å²) >= 11 is 3.10. The van der Waals surface area contributed by atoms with Crippen molar-refractivity contribution in [1.82, 2.24) is 0 Å². The minimum Gasteiger partial charge on any atom is -0.744 e. The van der Waals surface area contributed by atoms with Gasteiger partial charge in [-0.25, -0.2) is 8.42 Å². The minimum atomic E-state index is -4.65. The predicted molar refractivity (Wildman–Crippen MR) is 96.2 cm³/mol. The van der Waals surface area contributed by atoms with Crippen molar-refractivity contribution in [3.05, 3.63) is 52.0 Å². The molecule has 1 heterocycles. The SMILES string of the molecule is CCC1CC(Oc2ccc(C(F)(F)F)cc2Br)c2ccc(S(=O)(=O)[O-])cc2O1. The monoisotopic (exact) mass is 479 g/mol. The molecule has 0 fully saturated rings. The molecule has 0 aliphatic carbocycles. The third-order valence-electron chi connectivity index (χ3n) is 4.37. The van der Waals surface area contributed by atoms with Gasteiger partial charge in [-0.2, -0.15) is 13.2 Å². The van der Waals surface area contributed by atoms with Crippen LogP contribution in [0.4, 0.5) is 13.2 Å². The molecule has 0 radical (unpaired) electrons. The smallest absolute Gasteiger partial charge is 0.416 e. The summed E-state index contributed by atoms with van der Waals surface area (Å²) in [6, 6.07) is 6.81. The number of halogens is 4. The summed E-state index contributed by atoms with van der Waals surface area (Å²) in [6.07, 6.45) is -4.33. The third-order valence-corrected chi connectivity index (χ3v) is 5.83. The maximum atomic E-state index is 12.8. The second-order valence-electron chi connectivity index (χ2n) is 6.29. The summed E-state index contributed by atoms with van der Waals surface area (Å²) in [5.74, 6) is 0.421. The van der Waals surface area contributed by atoms with Crippen molar-refractivity contribution in [1.29, 1.82) is 0 Å². The summed E-state index contributed by atoms with van der Waals surface area (Å²) < 4.78 is 84.1. The van der Waals surface area contributed by atoms with E-state index in [4.69, 9.17) is 9.47 Å². The van der Waals surface area contributed by atoms with Gasteiger partial charge >= 0.3 is 6.18 Å². The molecule has 2 unspecified atom stereocenters. The highest BCUT2D eigenvalue weighted by Gasteiger charge is 2.33. The Balaban J connectivity index is 1.95. The molecule has 10 heteroatoms. The molecule has 2 aromatic rings. The zero-order chi connectivity index (χ0) is 20.7. The molecule has 0 saturated carbocycles. The molecule has 0 bridgehead atoms. The lowest BCUT2D eigenvalue weighted by Crippen LogP contribution is -2.28. The van der Waals surface area contributed by atoms with E-state index in [-0.39, 0.29) is 22.1 Å². The van der Waals surface area contributed by atoms with Crippen LogP contribution in [0.2, 0.25) is 0 Å². The Kier molecular flexibility index (Phi) is 5.66. The van der Waals surface area contributed by atoms with E-state index >= 15 is 0 Å². The lowest BCUT2D eigenvalue weighted by molar-refractivity contribution is -0.137. The van der Waals surface area contributed by atoms with E-state index in [2.05, 4.69) is 15.9 Å². The predicted octanol–water partition coefficient (Wildman–Crippen LogP) is 5.05. The van der Waals surface area contributed by atoms with E-state index in [1.807, 2.05) is 6.92 Å². The number of benzene rings is 2. The first-order valence-electron chi connectivity index (χ1n) is 8.29. The molecule has 2 atom stereocenters. The molecular weight excluding hydrogens is 465 g/mol. The van der Waals surface area contributed by atoms with Crippen LogP contribution in [0.3, 0.4) is 0 Å². The number of hydrogen-bond acceptors (Lipinski definition) is 5. The molecule has 5 nitrogen and oxygen atoms in total. The topological polar surface area (TPSA) is 75.7 Å². The van der Waals surface area contributed by atoms with Gasteiger partial charge < -0.3 is 14.0 Å². The zero-order valence-corrected chi connectivity index (χ0v) is 16.9. The number of ether oxygens (including phenoxy) is 2. The van der Waals surface area contributed by atoms with Crippen molar-refractivity contribution in [3.8, 4) is 11.5 Å². The average molecular weight is 480 g/mol. The third kappa shape index (κ3) is 4.44. The molecule has 0 saturated heterocycles. The van der Waals surface area contributed by atoms with E-state index in [1.54, 1.807) is 0 Å². The normalized spacial score (nSPS) is 19.6. The molecule has 2 aromatic carbocycles. The summed E-state index contributed by atoms with van der Waals surface area (Å²) in [7, 11) is -4.65. The maximum absolute atomic E-state index is 12.8. The Morgan fingerprint density at radius 1 is 1.25 bits per heavy atom. The molecule has 152 valence electrons.